The number of aromatic carboxylic acids is 1. The summed E-state index contributed by atoms with van der Waals surface area (Å²) in [6.07, 6.45) is 5.08. The number of ether oxygens (including phenoxy) is 1. The summed E-state index contributed by atoms with van der Waals surface area (Å²) in [5, 5.41) is 14.6. The van der Waals surface area contributed by atoms with Gasteiger partial charge < -0.3 is 20.0 Å². The SMILES string of the molecule is COc1cccc(NS(=O)(=O)c2ccc3c(c2)[C@H]2C=CC[C@H]2[C@H](c2ccc(C(=O)[O-])cc2)N3)c1. The molecule has 174 valence electrons. The molecule has 0 bridgehead atoms. The van der Waals surface area contributed by atoms with Gasteiger partial charge in [0.25, 0.3) is 10.0 Å². The number of carboxylic acid groups (broad SMARTS) is 1. The van der Waals surface area contributed by atoms with Crippen LogP contribution in [0.25, 0.3) is 0 Å². The molecule has 7 nitrogen and oxygen atoms in total. The van der Waals surface area contributed by atoms with E-state index in [4.69, 9.17) is 4.74 Å². The van der Waals surface area contributed by atoms with Crippen molar-refractivity contribution in [1.29, 1.82) is 0 Å². The van der Waals surface area contributed by atoms with Crippen molar-refractivity contribution in [2.45, 2.75) is 23.3 Å². The highest BCUT2D eigenvalue weighted by Crippen LogP contribution is 2.50. The van der Waals surface area contributed by atoms with Crippen LogP contribution in [-0.2, 0) is 10.0 Å². The highest BCUT2D eigenvalue weighted by atomic mass is 32.2. The van der Waals surface area contributed by atoms with E-state index in [1.165, 1.54) is 7.11 Å². The number of nitrogens with one attached hydrogen (secondary N) is 2. The number of hydrogen-bond acceptors (Lipinski definition) is 6. The van der Waals surface area contributed by atoms with Gasteiger partial charge in [-0.15, -0.1) is 0 Å². The summed E-state index contributed by atoms with van der Waals surface area (Å²) in [6, 6.07) is 18.6. The topological polar surface area (TPSA) is 108 Å². The number of sulfonamides is 1. The van der Waals surface area contributed by atoms with E-state index < -0.39 is 16.0 Å². The lowest BCUT2D eigenvalue weighted by atomic mass is 9.77. The number of carbonyl (C=O) groups excluding carboxylic acids is 1. The van der Waals surface area contributed by atoms with Gasteiger partial charge in [0.15, 0.2) is 0 Å². The Morgan fingerprint density at radius 1 is 1.09 bits per heavy atom. The summed E-state index contributed by atoms with van der Waals surface area (Å²) in [5.41, 5.74) is 3.33. The summed E-state index contributed by atoms with van der Waals surface area (Å²) < 4.78 is 34.0. The summed E-state index contributed by atoms with van der Waals surface area (Å²) in [4.78, 5) is 11.3. The van der Waals surface area contributed by atoms with Crippen LogP contribution in [0.1, 0.15) is 39.9 Å². The van der Waals surface area contributed by atoms with Crippen molar-refractivity contribution in [2.75, 3.05) is 17.1 Å². The Labute approximate surface area is 198 Å². The molecule has 8 heteroatoms. The molecule has 1 aliphatic carbocycles. The minimum atomic E-state index is -3.80. The van der Waals surface area contributed by atoms with E-state index in [0.29, 0.717) is 11.4 Å². The molecule has 2 aliphatic rings. The molecule has 0 radical (unpaired) electrons. The molecule has 0 fully saturated rings. The van der Waals surface area contributed by atoms with Crippen LogP contribution in [0.15, 0.2) is 83.8 Å². The number of anilines is 2. The lowest BCUT2D eigenvalue weighted by Gasteiger charge is -2.37. The Balaban J connectivity index is 1.45. The third kappa shape index (κ3) is 4.01. The van der Waals surface area contributed by atoms with E-state index in [0.717, 1.165) is 23.2 Å². The van der Waals surface area contributed by atoms with Crippen LogP contribution < -0.4 is 19.9 Å². The maximum Gasteiger partial charge on any atom is 0.261 e. The second-order valence-corrected chi connectivity index (χ2v) is 10.2. The molecule has 0 saturated carbocycles. The van der Waals surface area contributed by atoms with Crippen molar-refractivity contribution in [3.8, 4) is 5.75 Å². The molecule has 34 heavy (non-hydrogen) atoms. The van der Waals surface area contributed by atoms with E-state index in [1.807, 2.05) is 0 Å². The minimum absolute atomic E-state index is 0.0272. The van der Waals surface area contributed by atoms with Gasteiger partial charge in [0.05, 0.1) is 29.7 Å². The molecule has 1 aliphatic heterocycles. The van der Waals surface area contributed by atoms with Gasteiger partial charge in [-0.05, 0) is 59.4 Å². The minimum Gasteiger partial charge on any atom is -0.545 e. The molecule has 5 rings (SSSR count). The predicted molar refractivity (Wildman–Crippen MR) is 127 cm³/mol. The van der Waals surface area contributed by atoms with Crippen molar-refractivity contribution in [1.82, 2.24) is 0 Å². The molecular weight excluding hydrogens is 452 g/mol. The monoisotopic (exact) mass is 475 g/mol. The van der Waals surface area contributed by atoms with Crippen LogP contribution in [0.4, 0.5) is 11.4 Å². The van der Waals surface area contributed by atoms with Gasteiger partial charge in [-0.2, -0.15) is 0 Å². The smallest absolute Gasteiger partial charge is 0.261 e. The van der Waals surface area contributed by atoms with Gasteiger partial charge in [0, 0.05) is 17.7 Å². The first-order chi connectivity index (χ1) is 16.4. The molecule has 0 aromatic heterocycles. The Morgan fingerprint density at radius 3 is 2.62 bits per heavy atom. The maximum atomic E-state index is 13.1. The fraction of sp³-hybridized carbons (Fsp3) is 0.192. The van der Waals surface area contributed by atoms with Crippen LogP contribution in [0.3, 0.4) is 0 Å². The quantitative estimate of drug-likeness (QED) is 0.527. The number of fused-ring (bicyclic) bond motifs is 3. The Kier molecular flexibility index (Phi) is 5.53. The van der Waals surface area contributed by atoms with Gasteiger partial charge in [-0.25, -0.2) is 8.42 Å². The van der Waals surface area contributed by atoms with Crippen LogP contribution in [0, 0.1) is 5.92 Å². The van der Waals surface area contributed by atoms with Gasteiger partial charge in [-0.3, -0.25) is 4.72 Å². The van der Waals surface area contributed by atoms with Crippen molar-refractivity contribution in [3.63, 3.8) is 0 Å². The molecule has 0 spiro atoms. The highest BCUT2D eigenvalue weighted by molar-refractivity contribution is 7.92. The number of allylic oxidation sites excluding steroid dienone is 2. The third-order valence-corrected chi connectivity index (χ3v) is 7.85. The number of hydrogen-bond donors (Lipinski definition) is 2. The molecular formula is C26H23N2O5S-. The number of carbonyl (C=O) groups is 1. The second kappa shape index (κ2) is 8.53. The zero-order valence-electron chi connectivity index (χ0n) is 18.4. The molecule has 3 aromatic rings. The molecule has 0 amide bonds. The van der Waals surface area contributed by atoms with Crippen LogP contribution >= 0.6 is 0 Å². The van der Waals surface area contributed by atoms with Gasteiger partial charge in [0.2, 0.25) is 0 Å². The fourth-order valence-corrected chi connectivity index (χ4v) is 5.88. The first-order valence-corrected chi connectivity index (χ1v) is 12.4. The lowest BCUT2D eigenvalue weighted by Crippen LogP contribution is -2.29. The molecule has 3 aromatic carbocycles. The number of methoxy groups -OCH3 is 1. The largest absolute Gasteiger partial charge is 0.545 e. The predicted octanol–water partition coefficient (Wildman–Crippen LogP) is 3.69. The maximum absolute atomic E-state index is 13.1. The molecule has 0 unspecified atom stereocenters. The molecule has 1 heterocycles. The summed E-state index contributed by atoms with van der Waals surface area (Å²) in [5.74, 6) is -0.405. The zero-order chi connectivity index (χ0) is 23.9. The van der Waals surface area contributed by atoms with E-state index in [1.54, 1.807) is 66.7 Å². The highest BCUT2D eigenvalue weighted by Gasteiger charge is 2.38. The van der Waals surface area contributed by atoms with Crippen LogP contribution in [0.2, 0.25) is 0 Å². The first kappa shape index (κ1) is 22.0. The zero-order valence-corrected chi connectivity index (χ0v) is 19.2. The lowest BCUT2D eigenvalue weighted by molar-refractivity contribution is -0.255. The summed E-state index contributed by atoms with van der Waals surface area (Å²) >= 11 is 0. The van der Waals surface area contributed by atoms with Gasteiger partial charge >= 0.3 is 0 Å². The Hall–Kier alpha value is -3.78. The Bertz CT molecular complexity index is 1380. The normalized spacial score (nSPS) is 20.7. The van der Waals surface area contributed by atoms with Gasteiger partial charge in [0.1, 0.15) is 5.75 Å². The number of rotatable bonds is 6. The van der Waals surface area contributed by atoms with Crippen molar-refractivity contribution < 1.29 is 23.1 Å². The van der Waals surface area contributed by atoms with Gasteiger partial charge in [-0.1, -0.05) is 42.5 Å². The standard InChI is InChI=1S/C26H24N2O5S/c1-33-19-5-2-4-18(14-19)28-34(31,32)20-12-13-24-23(15-20)21-6-3-7-22(21)25(27-24)16-8-10-17(11-9-16)26(29)30/h2-6,8-15,21-22,25,27-28H,7H2,1H3,(H,29,30)/p-1/t21-,22+,25-/m0/s1. The second-order valence-electron chi connectivity index (χ2n) is 8.47. The number of benzene rings is 3. The summed E-state index contributed by atoms with van der Waals surface area (Å²) in [7, 11) is -2.27. The Morgan fingerprint density at radius 2 is 1.88 bits per heavy atom. The van der Waals surface area contributed by atoms with E-state index in [-0.39, 0.29) is 28.3 Å². The van der Waals surface area contributed by atoms with E-state index >= 15 is 0 Å². The van der Waals surface area contributed by atoms with Crippen LogP contribution in [-0.4, -0.2) is 21.5 Å². The molecule has 0 saturated heterocycles. The average molecular weight is 476 g/mol. The average Bonchev–Trinajstić information content (AvgIpc) is 3.33. The molecule has 3 atom stereocenters. The van der Waals surface area contributed by atoms with Crippen molar-refractivity contribution >= 4 is 27.4 Å². The van der Waals surface area contributed by atoms with Crippen LogP contribution in [0.5, 0.6) is 5.75 Å². The van der Waals surface area contributed by atoms with E-state index in [2.05, 4.69) is 22.2 Å². The summed E-state index contributed by atoms with van der Waals surface area (Å²) in [6.45, 7) is 0. The first-order valence-electron chi connectivity index (χ1n) is 10.9. The molecule has 2 N–H and O–H groups in total. The van der Waals surface area contributed by atoms with Crippen molar-refractivity contribution in [2.24, 2.45) is 5.92 Å². The fourth-order valence-electron chi connectivity index (χ4n) is 4.80. The number of carboxylic acids is 1. The van der Waals surface area contributed by atoms with Crippen molar-refractivity contribution in [3.05, 3.63) is 95.6 Å². The van der Waals surface area contributed by atoms with E-state index in [9.17, 15) is 18.3 Å². The third-order valence-electron chi connectivity index (χ3n) is 6.47.